The number of nitrogens with one attached hydrogen (secondary N) is 1. The number of aryl methyl sites for hydroxylation is 1. The Bertz CT molecular complexity index is 345. The first-order chi connectivity index (χ1) is 8.67. The van der Waals surface area contributed by atoms with E-state index in [4.69, 9.17) is 0 Å². The summed E-state index contributed by atoms with van der Waals surface area (Å²) in [7, 11) is 2.08. The third-order valence-electron chi connectivity index (χ3n) is 4.19. The molecule has 1 atom stereocenters. The average molecular weight is 247 g/mol. The molecule has 1 heteroatoms. The van der Waals surface area contributed by atoms with Gasteiger partial charge >= 0.3 is 0 Å². The van der Waals surface area contributed by atoms with Crippen LogP contribution in [0.25, 0.3) is 0 Å². The molecule has 0 aromatic heterocycles. The van der Waals surface area contributed by atoms with Crippen LogP contribution in [-0.4, -0.2) is 13.6 Å². The predicted molar refractivity (Wildman–Crippen MR) is 81.1 cm³/mol. The van der Waals surface area contributed by atoms with Gasteiger partial charge in [-0.1, -0.05) is 51.0 Å². The van der Waals surface area contributed by atoms with Crippen molar-refractivity contribution in [3.8, 4) is 0 Å². The smallest absolute Gasteiger partial charge is 0.000789 e. The summed E-state index contributed by atoms with van der Waals surface area (Å²) < 4.78 is 0. The van der Waals surface area contributed by atoms with Crippen molar-refractivity contribution >= 4 is 0 Å². The monoisotopic (exact) mass is 247 g/mol. The van der Waals surface area contributed by atoms with Crippen LogP contribution >= 0.6 is 0 Å². The number of rotatable bonds is 8. The van der Waals surface area contributed by atoms with E-state index in [1.807, 2.05) is 0 Å². The normalized spacial score (nSPS) is 14.4. The largest absolute Gasteiger partial charge is 0.319 e. The Balaban J connectivity index is 2.85. The van der Waals surface area contributed by atoms with Crippen molar-refractivity contribution in [2.24, 2.45) is 5.41 Å². The van der Waals surface area contributed by atoms with Crippen molar-refractivity contribution in [2.45, 2.75) is 52.9 Å². The van der Waals surface area contributed by atoms with Crippen LogP contribution in [0.4, 0.5) is 0 Å². The Hall–Kier alpha value is -0.820. The van der Waals surface area contributed by atoms with Gasteiger partial charge in [0, 0.05) is 6.54 Å². The maximum atomic E-state index is 3.41. The van der Waals surface area contributed by atoms with Gasteiger partial charge in [-0.25, -0.2) is 0 Å². The highest BCUT2D eigenvalue weighted by Crippen LogP contribution is 2.33. The Morgan fingerprint density at radius 2 is 1.89 bits per heavy atom. The van der Waals surface area contributed by atoms with Gasteiger partial charge in [0.1, 0.15) is 0 Å². The van der Waals surface area contributed by atoms with Crippen LogP contribution in [0, 0.1) is 12.3 Å². The lowest BCUT2D eigenvalue weighted by atomic mass is 9.74. The quantitative estimate of drug-likeness (QED) is 0.720. The van der Waals surface area contributed by atoms with E-state index in [9.17, 15) is 0 Å². The zero-order chi connectivity index (χ0) is 13.4. The molecule has 1 unspecified atom stereocenters. The molecule has 1 rings (SSSR count). The van der Waals surface area contributed by atoms with Crippen molar-refractivity contribution < 1.29 is 0 Å². The highest BCUT2D eigenvalue weighted by atomic mass is 14.8. The SMILES string of the molecule is CCCCC(CC)(CNC)Cc1ccccc1C. The molecule has 1 N–H and O–H groups in total. The summed E-state index contributed by atoms with van der Waals surface area (Å²) in [6.07, 6.45) is 6.41. The molecule has 1 nitrogen and oxygen atoms in total. The van der Waals surface area contributed by atoms with Gasteiger partial charge in [-0.15, -0.1) is 0 Å². The molecule has 0 aliphatic heterocycles. The van der Waals surface area contributed by atoms with Gasteiger partial charge in [0.05, 0.1) is 0 Å². The van der Waals surface area contributed by atoms with E-state index in [0.717, 1.165) is 6.54 Å². The highest BCUT2D eigenvalue weighted by molar-refractivity contribution is 5.26. The Morgan fingerprint density at radius 3 is 2.44 bits per heavy atom. The molecule has 0 heterocycles. The second kappa shape index (κ2) is 7.58. The van der Waals surface area contributed by atoms with Crippen LogP contribution in [-0.2, 0) is 6.42 Å². The Labute approximate surface area is 113 Å². The van der Waals surface area contributed by atoms with E-state index < -0.39 is 0 Å². The van der Waals surface area contributed by atoms with Gasteiger partial charge in [-0.3, -0.25) is 0 Å². The van der Waals surface area contributed by atoms with Crippen LogP contribution in [0.3, 0.4) is 0 Å². The molecule has 0 radical (unpaired) electrons. The summed E-state index contributed by atoms with van der Waals surface area (Å²) >= 11 is 0. The van der Waals surface area contributed by atoms with Gasteiger partial charge < -0.3 is 5.32 Å². The van der Waals surface area contributed by atoms with Crippen molar-refractivity contribution in [1.29, 1.82) is 0 Å². The zero-order valence-electron chi connectivity index (χ0n) is 12.6. The first-order valence-corrected chi connectivity index (χ1v) is 7.36. The van der Waals surface area contributed by atoms with Gasteiger partial charge in [-0.05, 0) is 49.8 Å². The third kappa shape index (κ3) is 4.13. The van der Waals surface area contributed by atoms with Gasteiger partial charge in [0.2, 0.25) is 0 Å². The molecule has 102 valence electrons. The molecule has 0 saturated carbocycles. The lowest BCUT2D eigenvalue weighted by molar-refractivity contribution is 0.234. The van der Waals surface area contributed by atoms with Crippen LogP contribution in [0.5, 0.6) is 0 Å². The van der Waals surface area contributed by atoms with Crippen LogP contribution in [0.2, 0.25) is 0 Å². The summed E-state index contributed by atoms with van der Waals surface area (Å²) in [6, 6.07) is 8.83. The first kappa shape index (κ1) is 15.2. The minimum absolute atomic E-state index is 0.427. The molecule has 0 aliphatic carbocycles. The first-order valence-electron chi connectivity index (χ1n) is 7.36. The molecule has 0 aliphatic rings. The topological polar surface area (TPSA) is 12.0 Å². The summed E-state index contributed by atoms with van der Waals surface area (Å²) in [5.41, 5.74) is 3.38. The van der Waals surface area contributed by atoms with E-state index in [-0.39, 0.29) is 0 Å². The fourth-order valence-electron chi connectivity index (χ4n) is 2.81. The van der Waals surface area contributed by atoms with E-state index in [0.29, 0.717) is 5.41 Å². The van der Waals surface area contributed by atoms with Crippen LogP contribution in [0.1, 0.15) is 50.7 Å². The fraction of sp³-hybridized carbons (Fsp3) is 0.647. The van der Waals surface area contributed by atoms with Crippen LogP contribution in [0.15, 0.2) is 24.3 Å². The average Bonchev–Trinajstić information content (AvgIpc) is 2.39. The minimum Gasteiger partial charge on any atom is -0.319 e. The molecule has 0 bridgehead atoms. The van der Waals surface area contributed by atoms with Gasteiger partial charge in [-0.2, -0.15) is 0 Å². The second-order valence-electron chi connectivity index (χ2n) is 5.59. The number of hydrogen-bond donors (Lipinski definition) is 1. The lowest BCUT2D eigenvalue weighted by Gasteiger charge is -2.33. The lowest BCUT2D eigenvalue weighted by Crippen LogP contribution is -2.34. The van der Waals surface area contributed by atoms with E-state index in [1.165, 1.54) is 43.2 Å². The van der Waals surface area contributed by atoms with Crippen molar-refractivity contribution in [3.05, 3.63) is 35.4 Å². The third-order valence-corrected chi connectivity index (χ3v) is 4.19. The fourth-order valence-corrected chi connectivity index (χ4v) is 2.81. The summed E-state index contributed by atoms with van der Waals surface area (Å²) in [5, 5.41) is 3.41. The summed E-state index contributed by atoms with van der Waals surface area (Å²) in [5.74, 6) is 0. The summed E-state index contributed by atoms with van der Waals surface area (Å²) in [4.78, 5) is 0. The highest BCUT2D eigenvalue weighted by Gasteiger charge is 2.27. The molecule has 18 heavy (non-hydrogen) atoms. The maximum Gasteiger partial charge on any atom is 0.000789 e. The predicted octanol–water partition coefficient (Wildman–Crippen LogP) is 4.34. The zero-order valence-corrected chi connectivity index (χ0v) is 12.6. The molecule has 1 aromatic rings. The molecule has 1 aromatic carbocycles. The molecule has 0 saturated heterocycles. The maximum absolute atomic E-state index is 3.41. The van der Waals surface area contributed by atoms with E-state index >= 15 is 0 Å². The number of hydrogen-bond acceptors (Lipinski definition) is 1. The number of benzene rings is 1. The van der Waals surface area contributed by atoms with Crippen molar-refractivity contribution in [3.63, 3.8) is 0 Å². The second-order valence-corrected chi connectivity index (χ2v) is 5.59. The van der Waals surface area contributed by atoms with E-state index in [1.54, 1.807) is 0 Å². The van der Waals surface area contributed by atoms with Gasteiger partial charge in [0.25, 0.3) is 0 Å². The van der Waals surface area contributed by atoms with Crippen molar-refractivity contribution in [1.82, 2.24) is 5.32 Å². The molecule has 0 amide bonds. The van der Waals surface area contributed by atoms with Gasteiger partial charge in [0.15, 0.2) is 0 Å². The standard InChI is InChI=1S/C17H29N/c1-5-7-12-17(6-2,14-18-4)13-16-11-9-8-10-15(16)3/h8-11,18H,5-7,12-14H2,1-4H3. The Morgan fingerprint density at radius 1 is 1.17 bits per heavy atom. The molecular weight excluding hydrogens is 218 g/mol. The van der Waals surface area contributed by atoms with Crippen molar-refractivity contribution in [2.75, 3.05) is 13.6 Å². The minimum atomic E-state index is 0.427. The Kier molecular flexibility index (Phi) is 6.42. The number of unbranched alkanes of at least 4 members (excludes halogenated alkanes) is 1. The van der Waals surface area contributed by atoms with E-state index in [2.05, 4.69) is 57.4 Å². The molecule has 0 fully saturated rings. The molecule has 0 spiro atoms. The molecular formula is C17H29N. The summed E-state index contributed by atoms with van der Waals surface area (Å²) in [6.45, 7) is 7.98. The van der Waals surface area contributed by atoms with Crippen LogP contribution < -0.4 is 5.32 Å².